The van der Waals surface area contributed by atoms with Crippen molar-refractivity contribution in [3.63, 3.8) is 0 Å². The number of rotatable bonds is 5. The van der Waals surface area contributed by atoms with Crippen molar-refractivity contribution >= 4 is 0 Å². The average Bonchev–Trinajstić information content (AvgIpc) is 2.25. The second-order valence-corrected chi connectivity index (χ2v) is 3.96. The van der Waals surface area contributed by atoms with Crippen molar-refractivity contribution in [1.82, 2.24) is 0 Å². The summed E-state index contributed by atoms with van der Waals surface area (Å²) in [4.78, 5) is 0. The number of hydrogen-bond acceptors (Lipinski definition) is 2. The van der Waals surface area contributed by atoms with Gasteiger partial charge in [0, 0.05) is 6.54 Å². The van der Waals surface area contributed by atoms with Crippen LogP contribution in [0, 0.1) is 0 Å². The van der Waals surface area contributed by atoms with Crippen molar-refractivity contribution in [3.8, 4) is 5.75 Å². The van der Waals surface area contributed by atoms with Gasteiger partial charge >= 0.3 is 0 Å². The normalized spacial score (nSPS) is 11.9. The van der Waals surface area contributed by atoms with Crippen LogP contribution in [-0.4, -0.2) is 12.6 Å². The van der Waals surface area contributed by atoms with Crippen LogP contribution >= 0.6 is 0 Å². The molecule has 1 rings (SSSR count). The van der Waals surface area contributed by atoms with Gasteiger partial charge in [0.1, 0.15) is 5.75 Å². The number of hydrogen-bond donors (Lipinski definition) is 1. The number of halogens is 1. The molecule has 1 aromatic carbocycles. The predicted octanol–water partition coefficient (Wildman–Crippen LogP) is 2.83. The van der Waals surface area contributed by atoms with Crippen molar-refractivity contribution in [1.29, 1.82) is 0 Å². The first-order valence-corrected chi connectivity index (χ1v) is 5.39. The summed E-state index contributed by atoms with van der Waals surface area (Å²) < 4.78 is 17.9. The van der Waals surface area contributed by atoms with Gasteiger partial charge in [-0.05, 0) is 43.5 Å². The molecule has 0 saturated heterocycles. The molecule has 0 spiro atoms. The minimum Gasteiger partial charge on any atom is -0.491 e. The van der Waals surface area contributed by atoms with Crippen LogP contribution in [-0.2, 0) is 6.42 Å². The van der Waals surface area contributed by atoms with Crippen LogP contribution in [0.1, 0.15) is 19.4 Å². The number of nitrogens with two attached hydrogens (primary N) is 1. The van der Waals surface area contributed by atoms with E-state index in [-0.39, 0.29) is 12.6 Å². The summed E-state index contributed by atoms with van der Waals surface area (Å²) in [7, 11) is 0. The predicted molar refractivity (Wildman–Crippen MR) is 64.2 cm³/mol. The lowest BCUT2D eigenvalue weighted by molar-refractivity contribution is 0.242. The van der Waals surface area contributed by atoms with Gasteiger partial charge in [0.15, 0.2) is 0 Å². The third-order valence-corrected chi connectivity index (χ3v) is 2.12. The maximum absolute atomic E-state index is 12.4. The van der Waals surface area contributed by atoms with Gasteiger partial charge in [-0.15, -0.1) is 0 Å². The first-order chi connectivity index (χ1) is 7.65. The van der Waals surface area contributed by atoms with E-state index in [4.69, 9.17) is 10.5 Å². The van der Waals surface area contributed by atoms with Gasteiger partial charge in [0.05, 0.1) is 12.4 Å². The molecule has 3 heteroatoms. The van der Waals surface area contributed by atoms with E-state index in [0.717, 1.165) is 11.3 Å². The van der Waals surface area contributed by atoms with Crippen LogP contribution in [0.2, 0.25) is 0 Å². The molecule has 0 aliphatic carbocycles. The second-order valence-electron chi connectivity index (χ2n) is 3.96. The summed E-state index contributed by atoms with van der Waals surface area (Å²) in [6.45, 7) is 4.19. The van der Waals surface area contributed by atoms with E-state index in [9.17, 15) is 4.39 Å². The standard InChI is InChI=1S/C13H18FNO/c1-10(2)16-13-5-3-4-11(7-13)6-12(8-14)9-15/h3-5,7-8,10H,6,9,15H2,1-2H3/b12-8-. The van der Waals surface area contributed by atoms with E-state index in [1.165, 1.54) is 0 Å². The fourth-order valence-electron chi connectivity index (χ4n) is 1.42. The van der Waals surface area contributed by atoms with Crippen LogP contribution in [0.5, 0.6) is 5.75 Å². The average molecular weight is 223 g/mol. The molecule has 2 nitrogen and oxygen atoms in total. The van der Waals surface area contributed by atoms with Gasteiger partial charge in [-0.3, -0.25) is 0 Å². The molecule has 0 aliphatic rings. The fourth-order valence-corrected chi connectivity index (χ4v) is 1.42. The third kappa shape index (κ3) is 4.03. The Labute approximate surface area is 95.9 Å². The van der Waals surface area contributed by atoms with Gasteiger partial charge in [-0.25, -0.2) is 4.39 Å². The highest BCUT2D eigenvalue weighted by Crippen LogP contribution is 2.17. The molecule has 0 atom stereocenters. The Bertz CT molecular complexity index is 361. The van der Waals surface area contributed by atoms with E-state index in [1.807, 2.05) is 38.1 Å². The second kappa shape index (κ2) is 6.28. The van der Waals surface area contributed by atoms with Gasteiger partial charge < -0.3 is 10.5 Å². The fraction of sp³-hybridized carbons (Fsp3) is 0.385. The monoisotopic (exact) mass is 223 g/mol. The van der Waals surface area contributed by atoms with Crippen LogP contribution < -0.4 is 10.5 Å². The molecule has 0 aliphatic heterocycles. The van der Waals surface area contributed by atoms with Crippen molar-refractivity contribution < 1.29 is 9.13 Å². The zero-order valence-corrected chi connectivity index (χ0v) is 9.74. The Morgan fingerprint density at radius 1 is 1.50 bits per heavy atom. The Morgan fingerprint density at radius 2 is 2.25 bits per heavy atom. The highest BCUT2D eigenvalue weighted by atomic mass is 19.1. The Balaban J connectivity index is 2.74. The third-order valence-electron chi connectivity index (χ3n) is 2.12. The Morgan fingerprint density at radius 3 is 2.81 bits per heavy atom. The van der Waals surface area contributed by atoms with Crippen molar-refractivity contribution in [3.05, 3.63) is 41.7 Å². The van der Waals surface area contributed by atoms with E-state index in [1.54, 1.807) is 0 Å². The van der Waals surface area contributed by atoms with Crippen LogP contribution in [0.4, 0.5) is 4.39 Å². The van der Waals surface area contributed by atoms with Crippen molar-refractivity contribution in [2.75, 3.05) is 6.54 Å². The molecule has 0 aromatic heterocycles. The number of ether oxygens (including phenoxy) is 1. The van der Waals surface area contributed by atoms with Crippen LogP contribution in [0.3, 0.4) is 0 Å². The first kappa shape index (κ1) is 12.7. The first-order valence-electron chi connectivity index (χ1n) is 5.39. The molecular formula is C13H18FNO. The topological polar surface area (TPSA) is 35.2 Å². The lowest BCUT2D eigenvalue weighted by Crippen LogP contribution is -2.07. The summed E-state index contributed by atoms with van der Waals surface area (Å²) in [6.07, 6.45) is 1.25. The highest BCUT2D eigenvalue weighted by molar-refractivity contribution is 5.31. The largest absolute Gasteiger partial charge is 0.491 e. The maximum Gasteiger partial charge on any atom is 0.119 e. The molecule has 16 heavy (non-hydrogen) atoms. The van der Waals surface area contributed by atoms with Gasteiger partial charge in [0.25, 0.3) is 0 Å². The quantitative estimate of drug-likeness (QED) is 0.833. The van der Waals surface area contributed by atoms with Gasteiger partial charge in [0.2, 0.25) is 0 Å². The molecule has 0 fully saturated rings. The Kier molecular flexibility index (Phi) is 4.99. The molecule has 0 bridgehead atoms. The Hall–Kier alpha value is -1.35. The molecular weight excluding hydrogens is 205 g/mol. The SMILES string of the molecule is CC(C)Oc1cccc(C/C(=C/F)CN)c1. The summed E-state index contributed by atoms with van der Waals surface area (Å²) >= 11 is 0. The zero-order chi connectivity index (χ0) is 12.0. The van der Waals surface area contributed by atoms with Crippen LogP contribution in [0.25, 0.3) is 0 Å². The molecule has 0 radical (unpaired) electrons. The van der Waals surface area contributed by atoms with E-state index >= 15 is 0 Å². The lowest BCUT2D eigenvalue weighted by Gasteiger charge is -2.11. The molecule has 1 aromatic rings. The van der Waals surface area contributed by atoms with Crippen molar-refractivity contribution in [2.45, 2.75) is 26.4 Å². The minimum absolute atomic E-state index is 0.140. The lowest BCUT2D eigenvalue weighted by atomic mass is 10.1. The molecule has 0 saturated carbocycles. The van der Waals surface area contributed by atoms with Crippen LogP contribution in [0.15, 0.2) is 36.2 Å². The molecule has 88 valence electrons. The molecule has 0 amide bonds. The molecule has 2 N–H and O–H groups in total. The highest BCUT2D eigenvalue weighted by Gasteiger charge is 2.02. The summed E-state index contributed by atoms with van der Waals surface area (Å²) in [6, 6.07) is 7.65. The molecule has 0 unspecified atom stereocenters. The zero-order valence-electron chi connectivity index (χ0n) is 9.74. The maximum atomic E-state index is 12.4. The van der Waals surface area contributed by atoms with E-state index in [2.05, 4.69) is 0 Å². The summed E-state index contributed by atoms with van der Waals surface area (Å²) in [5.74, 6) is 0.808. The van der Waals surface area contributed by atoms with Gasteiger partial charge in [-0.1, -0.05) is 12.1 Å². The van der Waals surface area contributed by atoms with Crippen molar-refractivity contribution in [2.24, 2.45) is 5.73 Å². The molecule has 0 heterocycles. The van der Waals surface area contributed by atoms with E-state index in [0.29, 0.717) is 18.3 Å². The summed E-state index contributed by atoms with van der Waals surface area (Å²) in [5.41, 5.74) is 7.00. The van der Waals surface area contributed by atoms with Gasteiger partial charge in [-0.2, -0.15) is 0 Å². The smallest absolute Gasteiger partial charge is 0.119 e. The number of benzene rings is 1. The minimum atomic E-state index is 0.140. The summed E-state index contributed by atoms with van der Waals surface area (Å²) in [5, 5.41) is 0. The van der Waals surface area contributed by atoms with E-state index < -0.39 is 0 Å².